The lowest BCUT2D eigenvalue weighted by atomic mass is 10.2. The van der Waals surface area contributed by atoms with Crippen LogP contribution in [0.2, 0.25) is 0 Å². The van der Waals surface area contributed by atoms with E-state index in [1.54, 1.807) is 6.92 Å². The normalized spacial score (nSPS) is 9.81. The van der Waals surface area contributed by atoms with Crippen LogP contribution in [-0.4, -0.2) is 18.1 Å². The van der Waals surface area contributed by atoms with Gasteiger partial charge in [0.25, 0.3) is 0 Å². The van der Waals surface area contributed by atoms with Crippen molar-refractivity contribution in [1.82, 2.24) is 4.98 Å². The smallest absolute Gasteiger partial charge is 0.341 e. The van der Waals surface area contributed by atoms with Crippen molar-refractivity contribution in [2.24, 2.45) is 0 Å². The van der Waals surface area contributed by atoms with Gasteiger partial charge in [0.05, 0.1) is 13.3 Å². The molecule has 0 N–H and O–H groups in total. The number of ether oxygens (including phenoxy) is 2. The van der Waals surface area contributed by atoms with Crippen molar-refractivity contribution >= 4 is 5.97 Å². The minimum Gasteiger partial charge on any atom is -0.465 e. The molecule has 0 saturated carbocycles. The van der Waals surface area contributed by atoms with Gasteiger partial charge in [-0.2, -0.15) is 5.26 Å². The Bertz CT molecular complexity index is 738. The summed E-state index contributed by atoms with van der Waals surface area (Å²) >= 11 is 0. The van der Waals surface area contributed by atoms with Crippen LogP contribution in [0.5, 0.6) is 11.5 Å². The molecule has 2 aromatic rings. The molecule has 21 heavy (non-hydrogen) atoms. The molecule has 0 aliphatic carbocycles. The second kappa shape index (κ2) is 6.01. The molecule has 0 atom stereocenters. The molecule has 0 aliphatic heterocycles. The Hall–Kier alpha value is -2.94. The number of halogens is 1. The molecule has 0 aliphatic rings. The number of carbonyl (C=O) groups is 1. The zero-order chi connectivity index (χ0) is 15.4. The highest BCUT2D eigenvalue weighted by molar-refractivity contribution is 5.92. The second-order valence-electron chi connectivity index (χ2n) is 4.18. The van der Waals surface area contributed by atoms with Crippen LogP contribution in [0.15, 0.2) is 30.5 Å². The third kappa shape index (κ3) is 3.15. The largest absolute Gasteiger partial charge is 0.465 e. The third-order valence-electron chi connectivity index (χ3n) is 2.74. The van der Waals surface area contributed by atoms with E-state index < -0.39 is 5.97 Å². The molecular weight excluding hydrogens is 275 g/mol. The molecule has 0 radical (unpaired) electrons. The van der Waals surface area contributed by atoms with Crippen LogP contribution in [0.4, 0.5) is 4.39 Å². The maximum Gasteiger partial charge on any atom is 0.341 e. The Morgan fingerprint density at radius 3 is 2.71 bits per heavy atom. The summed E-state index contributed by atoms with van der Waals surface area (Å²) in [6, 6.07) is 7.12. The first-order valence-corrected chi connectivity index (χ1v) is 5.97. The Balaban J connectivity index is 2.44. The molecule has 0 amide bonds. The molecule has 0 saturated heterocycles. The number of methoxy groups -OCH3 is 1. The van der Waals surface area contributed by atoms with Crippen LogP contribution in [0.3, 0.4) is 0 Å². The minimum atomic E-state index is -0.649. The standard InChI is InChI=1S/C15H11FN2O3/c1-9-5-10(16)3-4-13(9)21-14-8-18-11(7-17)6-12(14)15(19)20-2/h3-6,8H,1-2H3. The predicted octanol–water partition coefficient (Wildman–Crippen LogP) is 2.98. The Morgan fingerprint density at radius 2 is 2.10 bits per heavy atom. The third-order valence-corrected chi connectivity index (χ3v) is 2.74. The number of aryl methyl sites for hydroxylation is 1. The van der Waals surface area contributed by atoms with E-state index in [2.05, 4.69) is 9.72 Å². The number of pyridine rings is 1. The highest BCUT2D eigenvalue weighted by Gasteiger charge is 2.16. The van der Waals surface area contributed by atoms with Gasteiger partial charge in [0.1, 0.15) is 28.9 Å². The van der Waals surface area contributed by atoms with Gasteiger partial charge in [-0.05, 0) is 36.8 Å². The van der Waals surface area contributed by atoms with E-state index in [4.69, 9.17) is 10.00 Å². The van der Waals surface area contributed by atoms with Crippen LogP contribution in [0, 0.1) is 24.1 Å². The summed E-state index contributed by atoms with van der Waals surface area (Å²) in [5.74, 6) is -0.515. The number of aromatic nitrogens is 1. The van der Waals surface area contributed by atoms with E-state index in [0.29, 0.717) is 11.3 Å². The van der Waals surface area contributed by atoms with Crippen molar-refractivity contribution in [3.8, 4) is 17.6 Å². The molecule has 0 fully saturated rings. The fourth-order valence-corrected chi connectivity index (χ4v) is 1.70. The summed E-state index contributed by atoms with van der Waals surface area (Å²) in [6.07, 6.45) is 1.26. The molecule has 1 heterocycles. The number of hydrogen-bond acceptors (Lipinski definition) is 5. The quantitative estimate of drug-likeness (QED) is 0.811. The molecule has 1 aromatic heterocycles. The first-order chi connectivity index (χ1) is 10.0. The van der Waals surface area contributed by atoms with Crippen molar-refractivity contribution in [2.45, 2.75) is 6.92 Å². The lowest BCUT2D eigenvalue weighted by molar-refractivity contribution is 0.0597. The summed E-state index contributed by atoms with van der Waals surface area (Å²) in [4.78, 5) is 15.6. The van der Waals surface area contributed by atoms with E-state index >= 15 is 0 Å². The van der Waals surface area contributed by atoms with Crippen molar-refractivity contribution < 1.29 is 18.7 Å². The summed E-state index contributed by atoms with van der Waals surface area (Å²) in [5.41, 5.74) is 0.710. The number of nitriles is 1. The molecule has 6 heteroatoms. The molecule has 0 bridgehead atoms. The van der Waals surface area contributed by atoms with Gasteiger partial charge in [-0.15, -0.1) is 0 Å². The number of benzene rings is 1. The molecular formula is C15H11FN2O3. The van der Waals surface area contributed by atoms with Crippen LogP contribution in [0.25, 0.3) is 0 Å². The van der Waals surface area contributed by atoms with Crippen LogP contribution >= 0.6 is 0 Å². The summed E-state index contributed by atoms with van der Waals surface area (Å²) in [7, 11) is 1.22. The Kier molecular flexibility index (Phi) is 4.14. The second-order valence-corrected chi connectivity index (χ2v) is 4.18. The monoisotopic (exact) mass is 286 g/mol. The molecule has 0 spiro atoms. The topological polar surface area (TPSA) is 72.2 Å². The highest BCUT2D eigenvalue weighted by Crippen LogP contribution is 2.28. The predicted molar refractivity (Wildman–Crippen MR) is 71.5 cm³/mol. The maximum atomic E-state index is 13.1. The van der Waals surface area contributed by atoms with Crippen LogP contribution in [-0.2, 0) is 4.74 Å². The highest BCUT2D eigenvalue weighted by atomic mass is 19.1. The van der Waals surface area contributed by atoms with Gasteiger partial charge in [0.15, 0.2) is 5.75 Å². The van der Waals surface area contributed by atoms with E-state index in [-0.39, 0.29) is 22.8 Å². The minimum absolute atomic E-state index is 0.0681. The molecule has 0 unspecified atom stereocenters. The van der Waals surface area contributed by atoms with E-state index in [9.17, 15) is 9.18 Å². The van der Waals surface area contributed by atoms with Crippen molar-refractivity contribution in [3.05, 3.63) is 53.1 Å². The average molecular weight is 286 g/mol. The molecule has 2 rings (SSSR count). The van der Waals surface area contributed by atoms with Gasteiger partial charge in [0, 0.05) is 0 Å². The first-order valence-electron chi connectivity index (χ1n) is 5.97. The summed E-state index contributed by atoms with van der Waals surface area (Å²) in [5, 5.41) is 8.82. The zero-order valence-electron chi connectivity index (χ0n) is 11.4. The van der Waals surface area contributed by atoms with E-state index in [1.807, 2.05) is 6.07 Å². The summed E-state index contributed by atoms with van der Waals surface area (Å²) < 4.78 is 23.3. The molecule has 1 aromatic carbocycles. The fourth-order valence-electron chi connectivity index (χ4n) is 1.70. The first kappa shape index (κ1) is 14.5. The molecule has 106 valence electrons. The number of hydrogen-bond donors (Lipinski definition) is 0. The van der Waals surface area contributed by atoms with Gasteiger partial charge in [-0.1, -0.05) is 0 Å². The number of rotatable bonds is 3. The van der Waals surface area contributed by atoms with Crippen molar-refractivity contribution in [1.29, 1.82) is 5.26 Å². The lowest BCUT2D eigenvalue weighted by Gasteiger charge is -2.11. The molecule has 5 nitrogen and oxygen atoms in total. The number of esters is 1. The van der Waals surface area contributed by atoms with E-state index in [1.165, 1.54) is 37.6 Å². The van der Waals surface area contributed by atoms with Gasteiger partial charge in [-0.25, -0.2) is 14.2 Å². The lowest BCUT2D eigenvalue weighted by Crippen LogP contribution is -2.05. The van der Waals surface area contributed by atoms with Crippen LogP contribution < -0.4 is 4.74 Å². The van der Waals surface area contributed by atoms with Crippen molar-refractivity contribution in [3.63, 3.8) is 0 Å². The summed E-state index contributed by atoms with van der Waals surface area (Å²) in [6.45, 7) is 1.67. The van der Waals surface area contributed by atoms with Gasteiger partial charge >= 0.3 is 5.97 Å². The SMILES string of the molecule is COC(=O)c1cc(C#N)ncc1Oc1ccc(F)cc1C. The Labute approximate surface area is 120 Å². The average Bonchev–Trinajstić information content (AvgIpc) is 2.49. The number of nitrogens with zero attached hydrogens (tertiary/aromatic N) is 2. The van der Waals surface area contributed by atoms with Crippen LogP contribution in [0.1, 0.15) is 21.6 Å². The van der Waals surface area contributed by atoms with Gasteiger partial charge in [-0.3, -0.25) is 0 Å². The maximum absolute atomic E-state index is 13.1. The van der Waals surface area contributed by atoms with E-state index in [0.717, 1.165) is 0 Å². The van der Waals surface area contributed by atoms with Crippen molar-refractivity contribution in [2.75, 3.05) is 7.11 Å². The van der Waals surface area contributed by atoms with Gasteiger partial charge < -0.3 is 9.47 Å². The van der Waals surface area contributed by atoms with Gasteiger partial charge in [0.2, 0.25) is 0 Å². The fraction of sp³-hybridized carbons (Fsp3) is 0.133. The number of carbonyl (C=O) groups excluding carboxylic acids is 1. The zero-order valence-corrected chi connectivity index (χ0v) is 11.4. The Morgan fingerprint density at radius 1 is 1.33 bits per heavy atom.